The van der Waals surface area contributed by atoms with E-state index in [2.05, 4.69) is 9.97 Å². The van der Waals surface area contributed by atoms with E-state index in [1.165, 1.54) is 4.90 Å². The molecule has 2 aromatic rings. The molecule has 0 unspecified atom stereocenters. The molecule has 0 aliphatic carbocycles. The summed E-state index contributed by atoms with van der Waals surface area (Å²) in [6.07, 6.45) is 0.773. The monoisotopic (exact) mass is 347 g/mol. The first-order valence-electron chi connectivity index (χ1n) is 7.87. The Hall–Kier alpha value is -2.18. The van der Waals surface area contributed by atoms with Gasteiger partial charge in [0.2, 0.25) is 5.82 Å². The van der Waals surface area contributed by atoms with Crippen LogP contribution in [0.4, 0.5) is 10.6 Å². The molecule has 0 aromatic carbocycles. The van der Waals surface area contributed by atoms with Crippen molar-refractivity contribution in [3.05, 3.63) is 52.9 Å². The van der Waals surface area contributed by atoms with E-state index in [9.17, 15) is 9.90 Å². The number of piperazine rings is 1. The van der Waals surface area contributed by atoms with Crippen LogP contribution >= 0.6 is 11.6 Å². The predicted octanol–water partition coefficient (Wildman–Crippen LogP) is 2.94. The topological polar surface area (TPSA) is 66.3 Å². The van der Waals surface area contributed by atoms with E-state index in [1.54, 1.807) is 6.20 Å². The van der Waals surface area contributed by atoms with Gasteiger partial charge in [-0.05, 0) is 25.1 Å². The molecule has 7 heteroatoms. The molecule has 1 N–H and O–H groups in total. The third-order valence-corrected chi connectivity index (χ3v) is 4.70. The van der Waals surface area contributed by atoms with E-state index < -0.39 is 6.09 Å². The Kier molecular flexibility index (Phi) is 4.69. The lowest BCUT2D eigenvalue weighted by molar-refractivity contribution is 0.102. The number of hydrogen-bond donors (Lipinski definition) is 1. The Morgan fingerprint density at radius 3 is 2.62 bits per heavy atom. The normalized spacial score (nSPS) is 16.8. The molecule has 0 spiro atoms. The Morgan fingerprint density at radius 2 is 2.04 bits per heavy atom. The van der Waals surface area contributed by atoms with Crippen molar-refractivity contribution in [3.63, 3.8) is 0 Å². The average Bonchev–Trinajstić information content (AvgIpc) is 2.56. The smallest absolute Gasteiger partial charge is 0.407 e. The third kappa shape index (κ3) is 3.49. The summed E-state index contributed by atoms with van der Waals surface area (Å²) >= 11 is 5.97. The number of rotatable bonds is 3. The summed E-state index contributed by atoms with van der Waals surface area (Å²) < 4.78 is 0.581. The molecule has 1 amide bonds. The van der Waals surface area contributed by atoms with Crippen LogP contribution in [0.15, 0.2) is 36.5 Å². The van der Waals surface area contributed by atoms with Gasteiger partial charge in [-0.25, -0.2) is 9.78 Å². The molecule has 3 heterocycles. The van der Waals surface area contributed by atoms with E-state index in [0.29, 0.717) is 42.2 Å². The van der Waals surface area contributed by atoms with Gasteiger partial charge >= 0.3 is 6.09 Å². The second-order valence-corrected chi connectivity index (χ2v) is 6.56. The first-order chi connectivity index (χ1) is 11.5. The number of hydrogen-bond acceptors (Lipinski definition) is 3. The number of carbonyl (C=O) groups is 1. The fourth-order valence-electron chi connectivity index (χ4n) is 3.15. The highest BCUT2D eigenvalue weighted by Crippen LogP contribution is 2.27. The summed E-state index contributed by atoms with van der Waals surface area (Å²) in [5, 5.41) is 9.81. The minimum Gasteiger partial charge on any atom is -0.465 e. The number of aromatic nitrogens is 2. The Balaban J connectivity index is 1.92. The SMILES string of the molecule is Cc1cccc(C[N+]2(c3ccc(Cl)cn3)CCN(C(=O)O)CC2)n1. The molecule has 0 atom stereocenters. The lowest BCUT2D eigenvalue weighted by Crippen LogP contribution is -2.61. The minimum absolute atomic E-state index is 0.478. The van der Waals surface area contributed by atoms with Crippen molar-refractivity contribution in [2.75, 3.05) is 26.2 Å². The maximum Gasteiger partial charge on any atom is 0.407 e. The van der Waals surface area contributed by atoms with Gasteiger partial charge in [0.15, 0.2) is 0 Å². The van der Waals surface area contributed by atoms with E-state index >= 15 is 0 Å². The summed E-state index contributed by atoms with van der Waals surface area (Å²) in [5.41, 5.74) is 1.95. The molecule has 0 bridgehead atoms. The van der Waals surface area contributed by atoms with Gasteiger partial charge in [-0.1, -0.05) is 17.7 Å². The highest BCUT2D eigenvalue weighted by atomic mass is 35.5. The molecule has 126 valence electrons. The van der Waals surface area contributed by atoms with Crippen LogP contribution in [-0.4, -0.2) is 52.2 Å². The molecule has 2 aromatic heterocycles. The van der Waals surface area contributed by atoms with Gasteiger partial charge < -0.3 is 5.11 Å². The molecule has 0 saturated carbocycles. The van der Waals surface area contributed by atoms with Gasteiger partial charge in [0.25, 0.3) is 0 Å². The van der Waals surface area contributed by atoms with Gasteiger partial charge in [0.1, 0.15) is 19.6 Å². The minimum atomic E-state index is -0.870. The summed E-state index contributed by atoms with van der Waals surface area (Å²) in [6.45, 7) is 4.94. The maximum atomic E-state index is 11.2. The fourth-order valence-corrected chi connectivity index (χ4v) is 3.27. The largest absolute Gasteiger partial charge is 0.465 e. The van der Waals surface area contributed by atoms with Gasteiger partial charge in [0.05, 0.1) is 30.0 Å². The zero-order chi connectivity index (χ0) is 17.2. The van der Waals surface area contributed by atoms with Gasteiger partial charge in [-0.15, -0.1) is 0 Å². The number of pyridine rings is 2. The standard InChI is InChI=1S/C17H19ClN4O2/c1-13-3-2-4-15(20-13)12-22(16-6-5-14(18)11-19-16)9-7-21(8-10-22)17(23)24/h2-6,11H,7-10,12H2,1H3/p+1. The van der Waals surface area contributed by atoms with Crippen LogP contribution in [0.1, 0.15) is 11.4 Å². The van der Waals surface area contributed by atoms with Crippen LogP contribution in [-0.2, 0) is 6.54 Å². The van der Waals surface area contributed by atoms with Crippen molar-refractivity contribution in [2.45, 2.75) is 13.5 Å². The highest BCUT2D eigenvalue weighted by molar-refractivity contribution is 6.30. The highest BCUT2D eigenvalue weighted by Gasteiger charge is 2.38. The van der Waals surface area contributed by atoms with Crippen molar-refractivity contribution >= 4 is 23.5 Å². The lowest BCUT2D eigenvalue weighted by Gasteiger charge is -2.42. The number of nitrogens with zero attached hydrogens (tertiary/aromatic N) is 4. The van der Waals surface area contributed by atoms with E-state index in [4.69, 9.17) is 11.6 Å². The average molecular weight is 348 g/mol. The Bertz CT molecular complexity index is 728. The zero-order valence-corrected chi connectivity index (χ0v) is 14.3. The van der Waals surface area contributed by atoms with Crippen LogP contribution in [0.5, 0.6) is 0 Å². The van der Waals surface area contributed by atoms with Gasteiger partial charge in [-0.3, -0.25) is 14.4 Å². The second kappa shape index (κ2) is 6.75. The van der Waals surface area contributed by atoms with Gasteiger partial charge in [0, 0.05) is 11.8 Å². The zero-order valence-electron chi connectivity index (χ0n) is 13.5. The van der Waals surface area contributed by atoms with Gasteiger partial charge in [-0.2, -0.15) is 0 Å². The quantitative estimate of drug-likeness (QED) is 0.867. The van der Waals surface area contributed by atoms with E-state index in [1.807, 2.05) is 37.3 Å². The van der Waals surface area contributed by atoms with Crippen LogP contribution < -0.4 is 4.48 Å². The van der Waals surface area contributed by atoms with Crippen molar-refractivity contribution in [2.24, 2.45) is 0 Å². The molecule has 1 aliphatic rings. The summed E-state index contributed by atoms with van der Waals surface area (Å²) in [5.74, 6) is 0.896. The van der Waals surface area contributed by atoms with E-state index in [0.717, 1.165) is 17.2 Å². The summed E-state index contributed by atoms with van der Waals surface area (Å²) in [4.78, 5) is 21.8. The number of aryl methyl sites for hydroxylation is 1. The first-order valence-corrected chi connectivity index (χ1v) is 8.25. The first kappa shape index (κ1) is 16.7. The predicted molar refractivity (Wildman–Crippen MR) is 93.1 cm³/mol. The number of quaternary nitrogens is 1. The Labute approximate surface area is 145 Å². The molecule has 6 nitrogen and oxygen atoms in total. The number of halogens is 1. The lowest BCUT2D eigenvalue weighted by atomic mass is 10.2. The molecular formula is C17H20ClN4O2+. The van der Waals surface area contributed by atoms with Crippen molar-refractivity contribution in [1.82, 2.24) is 19.4 Å². The second-order valence-electron chi connectivity index (χ2n) is 6.13. The summed E-state index contributed by atoms with van der Waals surface area (Å²) in [7, 11) is 0. The van der Waals surface area contributed by atoms with E-state index in [-0.39, 0.29) is 0 Å². The van der Waals surface area contributed by atoms with Crippen LogP contribution in [0.25, 0.3) is 0 Å². The summed E-state index contributed by atoms with van der Waals surface area (Å²) in [6, 6.07) is 9.73. The Morgan fingerprint density at radius 1 is 1.29 bits per heavy atom. The van der Waals surface area contributed by atoms with Crippen molar-refractivity contribution in [3.8, 4) is 0 Å². The third-order valence-electron chi connectivity index (χ3n) is 4.47. The maximum absolute atomic E-state index is 11.2. The molecule has 3 rings (SSSR count). The van der Waals surface area contributed by atoms with Crippen molar-refractivity contribution < 1.29 is 9.90 Å². The number of carboxylic acid groups (broad SMARTS) is 1. The molecule has 1 saturated heterocycles. The number of amides is 1. The molecule has 1 aliphatic heterocycles. The molecular weight excluding hydrogens is 328 g/mol. The molecule has 24 heavy (non-hydrogen) atoms. The molecule has 1 fully saturated rings. The van der Waals surface area contributed by atoms with Crippen LogP contribution in [0, 0.1) is 6.92 Å². The van der Waals surface area contributed by atoms with Crippen LogP contribution in [0.2, 0.25) is 5.02 Å². The van der Waals surface area contributed by atoms with Crippen LogP contribution in [0.3, 0.4) is 0 Å². The fraction of sp³-hybridized carbons (Fsp3) is 0.353. The molecule has 0 radical (unpaired) electrons. The van der Waals surface area contributed by atoms with Crippen molar-refractivity contribution in [1.29, 1.82) is 0 Å².